The molecule has 0 saturated heterocycles. The number of carbonyl (C=O) groups is 1. The van der Waals surface area contributed by atoms with E-state index in [-0.39, 0.29) is 31.2 Å². The van der Waals surface area contributed by atoms with Crippen molar-refractivity contribution in [2.75, 3.05) is 18.4 Å². The van der Waals surface area contributed by atoms with Crippen LogP contribution < -0.4 is 0 Å². The Balaban J connectivity index is 3.28. The molecule has 6 heteroatoms. The summed E-state index contributed by atoms with van der Waals surface area (Å²) >= 11 is 15.2. The van der Waals surface area contributed by atoms with Crippen molar-refractivity contribution in [1.29, 1.82) is 0 Å². The Morgan fingerprint density at radius 1 is 1.20 bits per heavy atom. The molecular formula is C19H22BrCl2NO2. The summed E-state index contributed by atoms with van der Waals surface area (Å²) in [7, 11) is 0. The van der Waals surface area contributed by atoms with Crippen LogP contribution in [0.4, 0.5) is 0 Å². The fourth-order valence-electron chi connectivity index (χ4n) is 2.28. The lowest BCUT2D eigenvalue weighted by Crippen LogP contribution is -2.40. The topological polar surface area (TPSA) is 38.7 Å². The first-order valence-electron chi connectivity index (χ1n) is 7.80. The lowest BCUT2D eigenvalue weighted by atomic mass is 9.86. The maximum atomic E-state index is 12.7. The number of carbonyl (C=O) groups excluding carboxylic acids is 1. The zero-order valence-corrected chi connectivity index (χ0v) is 17.3. The number of esters is 1. The molecule has 0 aliphatic rings. The highest BCUT2D eigenvalue weighted by Gasteiger charge is 2.40. The van der Waals surface area contributed by atoms with Crippen molar-refractivity contribution in [2.45, 2.75) is 25.3 Å². The normalized spacial score (nSPS) is 11.5. The van der Waals surface area contributed by atoms with E-state index in [4.69, 9.17) is 27.9 Å². The van der Waals surface area contributed by atoms with Crippen molar-refractivity contribution >= 4 is 51.3 Å². The van der Waals surface area contributed by atoms with Gasteiger partial charge in [0.05, 0.1) is 6.61 Å². The second kappa shape index (κ2) is 10.8. The summed E-state index contributed by atoms with van der Waals surface area (Å²) in [6, 6.07) is 7.61. The number of alkyl halides is 2. The molecule has 3 nitrogen and oxygen atoms in total. The summed E-state index contributed by atoms with van der Waals surface area (Å²) in [5.41, 5.74) is 1.10. The summed E-state index contributed by atoms with van der Waals surface area (Å²) < 4.78 is 6.24. The van der Waals surface area contributed by atoms with Crippen LogP contribution >= 0.6 is 39.1 Å². The monoisotopic (exact) mass is 445 g/mol. The van der Waals surface area contributed by atoms with Crippen molar-refractivity contribution in [2.24, 2.45) is 4.99 Å². The lowest BCUT2D eigenvalue weighted by Gasteiger charge is -2.28. The smallest absolute Gasteiger partial charge is 0.334 e. The third-order valence-electron chi connectivity index (χ3n) is 3.45. The van der Waals surface area contributed by atoms with Crippen LogP contribution in [0, 0.1) is 0 Å². The molecule has 0 aromatic heterocycles. The fourth-order valence-corrected chi connectivity index (χ4v) is 2.74. The fraction of sp³-hybridized carbons (Fsp3) is 0.368. The van der Waals surface area contributed by atoms with Gasteiger partial charge in [-0.05, 0) is 24.6 Å². The molecule has 1 aromatic rings. The highest BCUT2D eigenvalue weighted by atomic mass is 79.9. The molecule has 0 heterocycles. The molecule has 1 rings (SSSR count). The number of nitrogens with zero attached hydrogens (tertiary/aromatic N) is 1. The lowest BCUT2D eigenvalue weighted by molar-refractivity contribution is -0.149. The van der Waals surface area contributed by atoms with E-state index in [9.17, 15) is 4.79 Å². The van der Waals surface area contributed by atoms with Crippen molar-refractivity contribution in [3.63, 3.8) is 0 Å². The number of aliphatic imine (C=N–C) groups is 1. The number of hydrogen-bond donors (Lipinski definition) is 0. The van der Waals surface area contributed by atoms with Crippen LogP contribution in [0.25, 0.3) is 0 Å². The third-order valence-corrected chi connectivity index (χ3v) is 4.73. The van der Waals surface area contributed by atoms with Crippen molar-refractivity contribution in [3.8, 4) is 0 Å². The number of hydrogen-bond acceptors (Lipinski definition) is 3. The molecule has 0 atom stereocenters. The largest absolute Gasteiger partial charge is 0.464 e. The number of rotatable bonds is 10. The quantitative estimate of drug-likeness (QED) is 0.205. The van der Waals surface area contributed by atoms with Gasteiger partial charge < -0.3 is 4.74 Å². The van der Waals surface area contributed by atoms with Gasteiger partial charge in [0, 0.05) is 35.3 Å². The standard InChI is InChI=1S/C19H22BrCl2NO2/c1-4-25-18(24)19(9-14(2)11-21,10-15(3)12-22)23-13-16-5-7-17(20)8-6-16/h5-8,13H,2-4,9-12H2,1H3/b23-13+. The molecule has 0 fully saturated rings. The Hall–Kier alpha value is -1.10. The second-order valence-electron chi connectivity index (χ2n) is 5.68. The summed E-state index contributed by atoms with van der Waals surface area (Å²) in [5, 5.41) is 0. The van der Waals surface area contributed by atoms with E-state index in [0.717, 1.165) is 10.0 Å². The van der Waals surface area contributed by atoms with E-state index < -0.39 is 11.5 Å². The van der Waals surface area contributed by atoms with Gasteiger partial charge >= 0.3 is 5.97 Å². The van der Waals surface area contributed by atoms with Crippen LogP contribution in [0.2, 0.25) is 0 Å². The van der Waals surface area contributed by atoms with E-state index in [2.05, 4.69) is 34.1 Å². The minimum absolute atomic E-state index is 0.238. The molecule has 136 valence electrons. The van der Waals surface area contributed by atoms with Crippen molar-refractivity contribution in [1.82, 2.24) is 0 Å². The Bertz CT molecular complexity index is 623. The van der Waals surface area contributed by atoms with Crippen molar-refractivity contribution < 1.29 is 9.53 Å². The number of ether oxygens (including phenoxy) is 1. The van der Waals surface area contributed by atoms with Gasteiger partial charge in [0.1, 0.15) is 0 Å². The van der Waals surface area contributed by atoms with Gasteiger partial charge in [-0.3, -0.25) is 4.99 Å². The molecule has 0 aliphatic heterocycles. The van der Waals surface area contributed by atoms with Gasteiger partial charge in [0.25, 0.3) is 0 Å². The maximum absolute atomic E-state index is 12.7. The van der Waals surface area contributed by atoms with E-state index in [1.54, 1.807) is 13.1 Å². The summed E-state index contributed by atoms with van der Waals surface area (Å²) in [4.78, 5) is 17.3. The number of halogens is 3. The number of benzene rings is 1. The summed E-state index contributed by atoms with van der Waals surface area (Å²) in [5.74, 6) is 0.0471. The predicted molar refractivity (Wildman–Crippen MR) is 110 cm³/mol. The first-order valence-corrected chi connectivity index (χ1v) is 9.66. The van der Waals surface area contributed by atoms with E-state index in [1.165, 1.54) is 0 Å². The molecule has 0 amide bonds. The van der Waals surface area contributed by atoms with Crippen LogP contribution in [0.3, 0.4) is 0 Å². The molecule has 0 unspecified atom stereocenters. The Morgan fingerprint density at radius 2 is 1.72 bits per heavy atom. The van der Waals surface area contributed by atoms with Gasteiger partial charge in [-0.25, -0.2) is 4.79 Å². The summed E-state index contributed by atoms with van der Waals surface area (Å²) in [6.45, 7) is 9.85. The molecule has 1 aromatic carbocycles. The zero-order valence-electron chi connectivity index (χ0n) is 14.2. The van der Waals surface area contributed by atoms with Gasteiger partial charge in [-0.15, -0.1) is 23.2 Å². The Labute approximate surface area is 167 Å². The molecule has 0 spiro atoms. The minimum Gasteiger partial charge on any atom is -0.464 e. The van der Waals surface area contributed by atoms with Crippen molar-refractivity contribution in [3.05, 3.63) is 58.6 Å². The highest BCUT2D eigenvalue weighted by Crippen LogP contribution is 2.31. The molecule has 0 aliphatic carbocycles. The van der Waals surface area contributed by atoms with Crippen LogP contribution in [0.1, 0.15) is 25.3 Å². The predicted octanol–water partition coefficient (Wildman–Crippen LogP) is 5.54. The second-order valence-corrected chi connectivity index (χ2v) is 7.13. The average molecular weight is 447 g/mol. The molecule has 25 heavy (non-hydrogen) atoms. The zero-order chi connectivity index (χ0) is 18.9. The Kier molecular flexibility index (Phi) is 9.47. The van der Waals surface area contributed by atoms with Crippen LogP contribution in [0.15, 0.2) is 58.0 Å². The average Bonchev–Trinajstić information content (AvgIpc) is 2.60. The van der Waals surface area contributed by atoms with E-state index in [1.807, 2.05) is 24.3 Å². The van der Waals surface area contributed by atoms with Gasteiger partial charge in [0.2, 0.25) is 0 Å². The van der Waals surface area contributed by atoms with Crippen LogP contribution in [0.5, 0.6) is 0 Å². The van der Waals surface area contributed by atoms with Gasteiger partial charge in [-0.1, -0.05) is 52.4 Å². The Morgan fingerprint density at radius 3 is 2.16 bits per heavy atom. The van der Waals surface area contributed by atoms with E-state index >= 15 is 0 Å². The molecular weight excluding hydrogens is 425 g/mol. The first kappa shape index (κ1) is 21.9. The highest BCUT2D eigenvalue weighted by molar-refractivity contribution is 9.10. The SMILES string of the molecule is C=C(CCl)CC(CC(=C)CCl)(/N=C/c1ccc(Br)cc1)C(=O)OCC. The molecule has 0 N–H and O–H groups in total. The molecule has 0 saturated carbocycles. The van der Waals surface area contributed by atoms with Crippen LogP contribution in [-0.4, -0.2) is 36.1 Å². The summed E-state index contributed by atoms with van der Waals surface area (Å²) in [6.07, 6.45) is 2.21. The first-order chi connectivity index (χ1) is 11.9. The van der Waals surface area contributed by atoms with E-state index in [0.29, 0.717) is 11.1 Å². The van der Waals surface area contributed by atoms with Gasteiger partial charge in [0.15, 0.2) is 5.54 Å². The van der Waals surface area contributed by atoms with Gasteiger partial charge in [-0.2, -0.15) is 0 Å². The molecule has 0 radical (unpaired) electrons. The maximum Gasteiger partial charge on any atom is 0.334 e. The molecule has 0 bridgehead atoms. The minimum atomic E-state index is -1.17. The third kappa shape index (κ3) is 6.96. The van der Waals surface area contributed by atoms with Crippen LogP contribution in [-0.2, 0) is 9.53 Å².